The maximum absolute atomic E-state index is 12.5. The van der Waals surface area contributed by atoms with Gasteiger partial charge in [0.25, 0.3) is 0 Å². The summed E-state index contributed by atoms with van der Waals surface area (Å²) in [5.74, 6) is 0.229. The highest BCUT2D eigenvalue weighted by atomic mass is 16.5. The Kier molecular flexibility index (Phi) is 4.01. The standard InChI is InChI=1S/C12H22N2O3/c1-16-9-12(3-2-4-12)11(15)14-5-6-17-10(7-13)8-14/h10H,2-9,13H2,1H3/t10-/m0/s1. The molecule has 0 unspecified atom stereocenters. The zero-order chi connectivity index (χ0) is 12.3. The summed E-state index contributed by atoms with van der Waals surface area (Å²) in [6.45, 7) is 2.91. The Balaban J connectivity index is 1.98. The van der Waals surface area contributed by atoms with Crippen LogP contribution >= 0.6 is 0 Å². The maximum atomic E-state index is 12.5. The van der Waals surface area contributed by atoms with Gasteiger partial charge >= 0.3 is 0 Å². The highest BCUT2D eigenvalue weighted by Gasteiger charge is 2.47. The Morgan fingerprint density at radius 3 is 2.88 bits per heavy atom. The van der Waals surface area contributed by atoms with E-state index in [1.165, 1.54) is 0 Å². The number of ether oxygens (including phenoxy) is 2. The Morgan fingerprint density at radius 2 is 2.35 bits per heavy atom. The van der Waals surface area contributed by atoms with E-state index in [4.69, 9.17) is 15.2 Å². The van der Waals surface area contributed by atoms with Crippen LogP contribution in [0.15, 0.2) is 0 Å². The van der Waals surface area contributed by atoms with E-state index >= 15 is 0 Å². The molecule has 1 saturated carbocycles. The number of hydrogen-bond acceptors (Lipinski definition) is 4. The molecule has 0 aromatic rings. The van der Waals surface area contributed by atoms with Crippen molar-refractivity contribution in [1.82, 2.24) is 4.90 Å². The second-order valence-corrected chi connectivity index (χ2v) is 5.05. The maximum Gasteiger partial charge on any atom is 0.231 e. The van der Waals surface area contributed by atoms with Crippen molar-refractivity contribution in [2.75, 3.05) is 40.0 Å². The molecule has 1 aliphatic heterocycles. The van der Waals surface area contributed by atoms with Crippen LogP contribution in [0.2, 0.25) is 0 Å². The zero-order valence-electron chi connectivity index (χ0n) is 10.5. The molecule has 0 aromatic heterocycles. The van der Waals surface area contributed by atoms with Crippen molar-refractivity contribution in [3.63, 3.8) is 0 Å². The van der Waals surface area contributed by atoms with E-state index in [-0.39, 0.29) is 17.4 Å². The van der Waals surface area contributed by atoms with E-state index < -0.39 is 0 Å². The molecule has 0 bridgehead atoms. The molecule has 98 valence electrons. The van der Waals surface area contributed by atoms with Crippen LogP contribution in [0.25, 0.3) is 0 Å². The van der Waals surface area contributed by atoms with Crippen molar-refractivity contribution in [2.24, 2.45) is 11.1 Å². The van der Waals surface area contributed by atoms with Crippen LogP contribution in [0.3, 0.4) is 0 Å². The molecule has 1 amide bonds. The molecule has 17 heavy (non-hydrogen) atoms. The number of carbonyl (C=O) groups excluding carboxylic acids is 1. The Bertz CT molecular complexity index is 279. The quantitative estimate of drug-likeness (QED) is 0.753. The molecule has 2 N–H and O–H groups in total. The molecule has 1 heterocycles. The minimum absolute atomic E-state index is 0.00706. The number of amides is 1. The summed E-state index contributed by atoms with van der Waals surface area (Å²) in [7, 11) is 1.66. The normalized spacial score (nSPS) is 27.6. The van der Waals surface area contributed by atoms with Crippen molar-refractivity contribution in [3.05, 3.63) is 0 Å². The molecule has 1 saturated heterocycles. The van der Waals surface area contributed by atoms with Gasteiger partial charge in [-0.1, -0.05) is 6.42 Å². The van der Waals surface area contributed by atoms with E-state index in [0.717, 1.165) is 19.3 Å². The van der Waals surface area contributed by atoms with E-state index in [0.29, 0.717) is 32.8 Å². The van der Waals surface area contributed by atoms with Crippen molar-refractivity contribution < 1.29 is 14.3 Å². The summed E-state index contributed by atoms with van der Waals surface area (Å²) in [5.41, 5.74) is 5.33. The molecule has 0 radical (unpaired) electrons. The van der Waals surface area contributed by atoms with E-state index in [1.54, 1.807) is 7.11 Å². The van der Waals surface area contributed by atoms with Gasteiger partial charge in [-0.05, 0) is 12.8 Å². The van der Waals surface area contributed by atoms with E-state index in [2.05, 4.69) is 0 Å². The lowest BCUT2D eigenvalue weighted by atomic mass is 9.68. The molecule has 2 rings (SSSR count). The highest BCUT2D eigenvalue weighted by Crippen LogP contribution is 2.42. The summed E-state index contributed by atoms with van der Waals surface area (Å²) in [6.07, 6.45) is 3.02. The first-order valence-electron chi connectivity index (χ1n) is 6.32. The second-order valence-electron chi connectivity index (χ2n) is 5.05. The van der Waals surface area contributed by atoms with Gasteiger partial charge in [-0.3, -0.25) is 4.79 Å². The minimum atomic E-state index is -0.259. The number of rotatable bonds is 4. The Labute approximate surface area is 102 Å². The van der Waals surface area contributed by atoms with Crippen molar-refractivity contribution in [3.8, 4) is 0 Å². The van der Waals surface area contributed by atoms with Crippen molar-refractivity contribution in [1.29, 1.82) is 0 Å². The van der Waals surface area contributed by atoms with Gasteiger partial charge in [-0.2, -0.15) is 0 Å². The molecule has 5 nitrogen and oxygen atoms in total. The fourth-order valence-electron chi connectivity index (χ4n) is 2.68. The summed E-state index contributed by atoms with van der Waals surface area (Å²) >= 11 is 0. The fraction of sp³-hybridized carbons (Fsp3) is 0.917. The number of nitrogens with zero attached hydrogens (tertiary/aromatic N) is 1. The first kappa shape index (κ1) is 12.8. The van der Waals surface area contributed by atoms with Crippen molar-refractivity contribution >= 4 is 5.91 Å². The predicted octanol–water partition coefficient (Wildman–Crippen LogP) is -0.0108. The third kappa shape index (κ3) is 2.46. The summed E-state index contributed by atoms with van der Waals surface area (Å²) < 4.78 is 10.7. The second kappa shape index (κ2) is 5.33. The van der Waals surface area contributed by atoms with Crippen LogP contribution in [-0.4, -0.2) is 56.9 Å². The van der Waals surface area contributed by atoms with Crippen LogP contribution < -0.4 is 5.73 Å². The molecule has 0 spiro atoms. The van der Waals surface area contributed by atoms with Crippen LogP contribution in [0, 0.1) is 5.41 Å². The SMILES string of the molecule is COCC1(C(=O)N2CCO[C@@H](CN)C2)CCC1. The van der Waals surface area contributed by atoms with Gasteiger partial charge in [0.05, 0.1) is 24.7 Å². The first-order chi connectivity index (χ1) is 8.22. The van der Waals surface area contributed by atoms with Gasteiger partial charge in [-0.25, -0.2) is 0 Å². The molecule has 0 aromatic carbocycles. The molecule has 2 aliphatic rings. The fourth-order valence-corrected chi connectivity index (χ4v) is 2.68. The van der Waals surface area contributed by atoms with Gasteiger partial charge in [0.2, 0.25) is 5.91 Å². The molecule has 1 aliphatic carbocycles. The molecule has 2 fully saturated rings. The third-order valence-corrected chi connectivity index (χ3v) is 3.87. The lowest BCUT2D eigenvalue weighted by molar-refractivity contribution is -0.159. The van der Waals surface area contributed by atoms with Crippen LogP contribution in [0.1, 0.15) is 19.3 Å². The van der Waals surface area contributed by atoms with Crippen LogP contribution in [-0.2, 0) is 14.3 Å². The number of morpholine rings is 1. The number of hydrogen-bond donors (Lipinski definition) is 1. The summed E-state index contributed by atoms with van der Waals surface area (Å²) in [5, 5.41) is 0. The monoisotopic (exact) mass is 242 g/mol. The van der Waals surface area contributed by atoms with Gasteiger partial charge in [0, 0.05) is 26.7 Å². The van der Waals surface area contributed by atoms with Gasteiger partial charge in [0.15, 0.2) is 0 Å². The third-order valence-electron chi connectivity index (χ3n) is 3.87. The van der Waals surface area contributed by atoms with Crippen LogP contribution in [0.5, 0.6) is 0 Å². The Hall–Kier alpha value is -0.650. The average molecular weight is 242 g/mol. The molecule has 5 heteroatoms. The van der Waals surface area contributed by atoms with E-state index in [1.807, 2.05) is 4.90 Å². The number of carbonyl (C=O) groups is 1. The molecular weight excluding hydrogens is 220 g/mol. The smallest absolute Gasteiger partial charge is 0.231 e. The van der Waals surface area contributed by atoms with Crippen molar-refractivity contribution in [2.45, 2.75) is 25.4 Å². The first-order valence-corrected chi connectivity index (χ1v) is 6.32. The van der Waals surface area contributed by atoms with Gasteiger partial charge in [-0.15, -0.1) is 0 Å². The molecule has 1 atom stereocenters. The minimum Gasteiger partial charge on any atom is -0.384 e. The van der Waals surface area contributed by atoms with E-state index in [9.17, 15) is 4.79 Å². The topological polar surface area (TPSA) is 64.8 Å². The summed E-state index contributed by atoms with van der Waals surface area (Å²) in [4.78, 5) is 14.4. The number of nitrogens with two attached hydrogens (primary N) is 1. The van der Waals surface area contributed by atoms with Gasteiger partial charge in [0.1, 0.15) is 0 Å². The predicted molar refractivity (Wildman–Crippen MR) is 63.5 cm³/mol. The number of methoxy groups -OCH3 is 1. The molecular formula is C12H22N2O3. The lowest BCUT2D eigenvalue weighted by Gasteiger charge is -2.44. The highest BCUT2D eigenvalue weighted by molar-refractivity contribution is 5.84. The Morgan fingerprint density at radius 1 is 1.59 bits per heavy atom. The van der Waals surface area contributed by atoms with Gasteiger partial charge < -0.3 is 20.1 Å². The average Bonchev–Trinajstić information content (AvgIpc) is 2.33. The lowest BCUT2D eigenvalue weighted by Crippen LogP contribution is -2.56. The largest absolute Gasteiger partial charge is 0.384 e. The summed E-state index contributed by atoms with van der Waals surface area (Å²) in [6, 6.07) is 0. The van der Waals surface area contributed by atoms with Crippen LogP contribution in [0.4, 0.5) is 0 Å². The zero-order valence-corrected chi connectivity index (χ0v) is 10.5.